The summed E-state index contributed by atoms with van der Waals surface area (Å²) in [6, 6.07) is 0. The maximum absolute atomic E-state index is 4.09. The Labute approximate surface area is 167 Å². The van der Waals surface area contributed by atoms with Crippen LogP contribution in [-0.4, -0.2) is 20.6 Å². The molecule has 26 heavy (non-hydrogen) atoms. The van der Waals surface area contributed by atoms with Crippen LogP contribution in [0.3, 0.4) is 0 Å². The Bertz CT molecular complexity index is 378. The van der Waals surface area contributed by atoms with Crippen molar-refractivity contribution in [2.75, 3.05) is 5.75 Å². The molecule has 3 heteroatoms. The molecule has 0 N–H and O–H groups in total. The second kappa shape index (κ2) is 17.9. The Kier molecular flexibility index (Phi) is 16.3. The summed E-state index contributed by atoms with van der Waals surface area (Å²) < 4.78 is 2.19. The average Bonchev–Trinajstić information content (AvgIpc) is 3.16. The van der Waals surface area contributed by atoms with Crippen LogP contribution in [0.4, 0.5) is 0 Å². The van der Waals surface area contributed by atoms with Gasteiger partial charge in [-0.2, -0.15) is 11.8 Å². The fourth-order valence-corrected chi connectivity index (χ4v) is 4.56. The van der Waals surface area contributed by atoms with Gasteiger partial charge in [-0.1, -0.05) is 90.9 Å². The Hall–Kier alpha value is -0.440. The van der Waals surface area contributed by atoms with Crippen molar-refractivity contribution in [2.45, 2.75) is 122 Å². The summed E-state index contributed by atoms with van der Waals surface area (Å²) >= 11 is 2.21. The predicted octanol–water partition coefficient (Wildman–Crippen LogP) is 7.88. The summed E-state index contributed by atoms with van der Waals surface area (Å²) in [6.45, 7) is 5.86. The van der Waals surface area contributed by atoms with Gasteiger partial charge in [-0.05, 0) is 25.0 Å². The minimum absolute atomic E-state index is 0.862. The van der Waals surface area contributed by atoms with Crippen molar-refractivity contribution in [3.05, 3.63) is 18.7 Å². The summed E-state index contributed by atoms with van der Waals surface area (Å²) in [7, 11) is 0. The van der Waals surface area contributed by atoms with E-state index in [1.165, 1.54) is 102 Å². The molecular weight excluding hydrogens is 336 g/mol. The number of nitrogens with zero attached hydrogens (tertiary/aromatic N) is 2. The van der Waals surface area contributed by atoms with Gasteiger partial charge in [0.25, 0.3) is 0 Å². The van der Waals surface area contributed by atoms with E-state index in [0.717, 1.165) is 11.8 Å². The molecule has 0 amide bonds. The monoisotopic (exact) mass is 380 g/mol. The van der Waals surface area contributed by atoms with Gasteiger partial charge >= 0.3 is 0 Å². The lowest BCUT2D eigenvalue weighted by atomic mass is 10.1. The highest BCUT2D eigenvalue weighted by molar-refractivity contribution is 7.99. The van der Waals surface area contributed by atoms with Crippen molar-refractivity contribution < 1.29 is 0 Å². The molecule has 1 aromatic heterocycles. The van der Waals surface area contributed by atoms with Crippen LogP contribution in [0.25, 0.3) is 0 Å². The number of imidazole rings is 1. The SMILES string of the molecule is CCCCCCCCCCSC(C)CCCCCCCCn1ccnc1. The lowest BCUT2D eigenvalue weighted by Gasteiger charge is -2.11. The van der Waals surface area contributed by atoms with Crippen LogP contribution in [0.1, 0.15) is 110 Å². The maximum atomic E-state index is 4.09. The standard InChI is InChI=1S/C23H44N2S/c1-3-4-5-6-7-10-13-16-21-26-23(2)17-14-11-8-9-12-15-19-25-20-18-24-22-25/h18,20,22-23H,3-17,19,21H2,1-2H3. The summed E-state index contributed by atoms with van der Waals surface area (Å²) in [6.07, 6.45) is 27.1. The summed E-state index contributed by atoms with van der Waals surface area (Å²) in [4.78, 5) is 4.09. The first-order chi connectivity index (χ1) is 12.8. The van der Waals surface area contributed by atoms with Gasteiger partial charge in [-0.25, -0.2) is 4.98 Å². The number of thioether (sulfide) groups is 1. The zero-order valence-corrected chi connectivity index (χ0v) is 18.4. The minimum atomic E-state index is 0.862. The molecule has 2 nitrogen and oxygen atoms in total. The van der Waals surface area contributed by atoms with Crippen LogP contribution in [0, 0.1) is 0 Å². The predicted molar refractivity (Wildman–Crippen MR) is 119 cm³/mol. The van der Waals surface area contributed by atoms with E-state index in [9.17, 15) is 0 Å². The Morgan fingerprint density at radius 1 is 0.808 bits per heavy atom. The van der Waals surface area contributed by atoms with Gasteiger partial charge in [-0.3, -0.25) is 0 Å². The molecule has 0 aromatic carbocycles. The maximum Gasteiger partial charge on any atom is 0.0945 e. The molecule has 0 bridgehead atoms. The minimum Gasteiger partial charge on any atom is -0.337 e. The number of rotatable bonds is 19. The first-order valence-corrected chi connectivity index (χ1v) is 12.4. The van der Waals surface area contributed by atoms with Crippen LogP contribution < -0.4 is 0 Å². The Morgan fingerprint density at radius 2 is 1.42 bits per heavy atom. The molecule has 1 rings (SSSR count). The van der Waals surface area contributed by atoms with Crippen molar-refractivity contribution in [3.8, 4) is 0 Å². The molecule has 1 aromatic rings. The number of aromatic nitrogens is 2. The molecule has 1 atom stereocenters. The van der Waals surface area contributed by atoms with Crippen LogP contribution in [-0.2, 0) is 6.54 Å². The van der Waals surface area contributed by atoms with Gasteiger partial charge in [0.1, 0.15) is 0 Å². The molecule has 0 saturated carbocycles. The molecule has 0 spiro atoms. The van der Waals surface area contributed by atoms with Crippen LogP contribution >= 0.6 is 11.8 Å². The van der Waals surface area contributed by atoms with Crippen molar-refractivity contribution >= 4 is 11.8 Å². The molecule has 152 valence electrons. The molecule has 0 radical (unpaired) electrons. The van der Waals surface area contributed by atoms with Crippen LogP contribution in [0.5, 0.6) is 0 Å². The first-order valence-electron chi connectivity index (χ1n) is 11.4. The van der Waals surface area contributed by atoms with Gasteiger partial charge in [0.05, 0.1) is 6.33 Å². The number of unbranched alkanes of at least 4 members (excludes halogenated alkanes) is 12. The normalized spacial score (nSPS) is 12.5. The lowest BCUT2D eigenvalue weighted by molar-refractivity contribution is 0.545. The second-order valence-corrected chi connectivity index (χ2v) is 9.41. The fraction of sp³-hybridized carbons (Fsp3) is 0.870. The van der Waals surface area contributed by atoms with Gasteiger partial charge in [-0.15, -0.1) is 0 Å². The second-order valence-electron chi connectivity index (χ2n) is 7.87. The Balaban J connectivity index is 1.75. The zero-order chi connectivity index (χ0) is 18.7. The van der Waals surface area contributed by atoms with Gasteiger partial charge < -0.3 is 4.57 Å². The van der Waals surface area contributed by atoms with E-state index < -0.39 is 0 Å². The molecule has 0 saturated heterocycles. The quantitative estimate of drug-likeness (QED) is 0.227. The van der Waals surface area contributed by atoms with E-state index in [1.54, 1.807) is 0 Å². The van der Waals surface area contributed by atoms with Crippen molar-refractivity contribution in [1.29, 1.82) is 0 Å². The summed E-state index contributed by atoms with van der Waals surface area (Å²) in [5.74, 6) is 1.38. The van der Waals surface area contributed by atoms with E-state index in [2.05, 4.69) is 41.4 Å². The van der Waals surface area contributed by atoms with Crippen molar-refractivity contribution in [2.24, 2.45) is 0 Å². The Morgan fingerprint density at radius 3 is 2.08 bits per heavy atom. The molecular formula is C23H44N2S. The van der Waals surface area contributed by atoms with E-state index >= 15 is 0 Å². The molecule has 0 aliphatic heterocycles. The molecule has 0 aliphatic rings. The number of hydrogen-bond donors (Lipinski definition) is 0. The third kappa shape index (κ3) is 14.7. The van der Waals surface area contributed by atoms with Gasteiger partial charge in [0.15, 0.2) is 0 Å². The third-order valence-corrected chi connectivity index (χ3v) is 6.57. The highest BCUT2D eigenvalue weighted by Gasteiger charge is 2.02. The van der Waals surface area contributed by atoms with E-state index in [1.807, 2.05) is 12.5 Å². The summed E-state index contributed by atoms with van der Waals surface area (Å²) in [5.41, 5.74) is 0. The van der Waals surface area contributed by atoms with Crippen LogP contribution in [0.2, 0.25) is 0 Å². The first kappa shape index (κ1) is 23.6. The number of aryl methyl sites for hydroxylation is 1. The zero-order valence-electron chi connectivity index (χ0n) is 17.6. The van der Waals surface area contributed by atoms with Crippen molar-refractivity contribution in [3.63, 3.8) is 0 Å². The average molecular weight is 381 g/mol. The molecule has 0 aliphatic carbocycles. The highest BCUT2D eigenvalue weighted by Crippen LogP contribution is 2.20. The smallest absolute Gasteiger partial charge is 0.0945 e. The summed E-state index contributed by atoms with van der Waals surface area (Å²) in [5, 5.41) is 0.862. The molecule has 1 heterocycles. The van der Waals surface area contributed by atoms with Gasteiger partial charge in [0, 0.05) is 24.2 Å². The molecule has 0 fully saturated rings. The van der Waals surface area contributed by atoms with E-state index in [4.69, 9.17) is 0 Å². The third-order valence-electron chi connectivity index (χ3n) is 5.24. The van der Waals surface area contributed by atoms with Gasteiger partial charge in [0.2, 0.25) is 0 Å². The largest absolute Gasteiger partial charge is 0.337 e. The van der Waals surface area contributed by atoms with E-state index in [0.29, 0.717) is 0 Å². The van der Waals surface area contributed by atoms with E-state index in [-0.39, 0.29) is 0 Å². The molecule has 1 unspecified atom stereocenters. The van der Waals surface area contributed by atoms with Crippen molar-refractivity contribution in [1.82, 2.24) is 9.55 Å². The topological polar surface area (TPSA) is 17.8 Å². The highest BCUT2D eigenvalue weighted by atomic mass is 32.2. The number of hydrogen-bond acceptors (Lipinski definition) is 2. The lowest BCUT2D eigenvalue weighted by Crippen LogP contribution is -1.98. The fourth-order valence-electron chi connectivity index (χ4n) is 3.46. The van der Waals surface area contributed by atoms with Crippen LogP contribution in [0.15, 0.2) is 18.7 Å².